The van der Waals surface area contributed by atoms with Gasteiger partial charge in [0, 0.05) is 17.8 Å². The van der Waals surface area contributed by atoms with E-state index in [1.165, 1.54) is 0 Å². The molecule has 1 aromatic carbocycles. The average molecular weight is 315 g/mol. The van der Waals surface area contributed by atoms with Crippen LogP contribution in [0.5, 0.6) is 0 Å². The van der Waals surface area contributed by atoms with Crippen LogP contribution in [0.25, 0.3) is 0 Å². The third-order valence-electron chi connectivity index (χ3n) is 2.86. The van der Waals surface area contributed by atoms with E-state index in [9.17, 15) is 8.42 Å². The molecule has 108 valence electrons. The van der Waals surface area contributed by atoms with Crippen molar-refractivity contribution >= 4 is 27.3 Å². The average Bonchev–Trinajstić information content (AvgIpc) is 2.75. The van der Waals surface area contributed by atoms with E-state index >= 15 is 0 Å². The first-order chi connectivity index (χ1) is 9.35. The zero-order valence-corrected chi connectivity index (χ0v) is 12.6. The summed E-state index contributed by atoms with van der Waals surface area (Å²) in [4.78, 5) is 0. The quantitative estimate of drug-likeness (QED) is 0.802. The maximum atomic E-state index is 12.4. The molecule has 2 rings (SSSR count). The van der Waals surface area contributed by atoms with Crippen molar-refractivity contribution in [2.24, 2.45) is 5.73 Å². The lowest BCUT2D eigenvalue weighted by Crippen LogP contribution is -2.16. The number of hydrogen-bond acceptors (Lipinski definition) is 4. The highest BCUT2D eigenvalue weighted by atomic mass is 35.5. The van der Waals surface area contributed by atoms with Crippen molar-refractivity contribution < 1.29 is 8.42 Å². The minimum Gasteiger partial charge on any atom is -0.326 e. The van der Waals surface area contributed by atoms with Gasteiger partial charge in [-0.2, -0.15) is 13.5 Å². The van der Waals surface area contributed by atoms with E-state index in [1.54, 1.807) is 25.1 Å². The van der Waals surface area contributed by atoms with Gasteiger partial charge in [-0.25, -0.2) is 0 Å². The van der Waals surface area contributed by atoms with Gasteiger partial charge in [0.1, 0.15) is 0 Å². The van der Waals surface area contributed by atoms with E-state index in [1.807, 2.05) is 6.92 Å². The molecule has 0 radical (unpaired) electrons. The summed E-state index contributed by atoms with van der Waals surface area (Å²) in [6.07, 6.45) is 0. The first-order valence-electron chi connectivity index (χ1n) is 5.88. The van der Waals surface area contributed by atoms with Gasteiger partial charge in [0.15, 0.2) is 0 Å². The number of H-pyrrole nitrogens is 1. The van der Waals surface area contributed by atoms with Gasteiger partial charge in [-0.3, -0.25) is 9.82 Å². The van der Waals surface area contributed by atoms with Crippen molar-refractivity contribution in [3.63, 3.8) is 0 Å². The SMILES string of the molecule is Cc1ccc(Cl)c(NS(=O)(=O)c2n[nH]c(C)c2CN)c1. The Balaban J connectivity index is 2.43. The first kappa shape index (κ1) is 14.8. The minimum atomic E-state index is -3.83. The minimum absolute atomic E-state index is 0.0835. The number of aryl methyl sites for hydroxylation is 2. The topological polar surface area (TPSA) is 101 Å². The molecule has 0 unspecified atom stereocenters. The molecule has 0 amide bonds. The van der Waals surface area contributed by atoms with Crippen LogP contribution in [0, 0.1) is 13.8 Å². The predicted octanol–water partition coefficient (Wildman–Crippen LogP) is 1.94. The summed E-state index contributed by atoms with van der Waals surface area (Å²) in [6.45, 7) is 3.64. The molecule has 0 fully saturated rings. The van der Waals surface area contributed by atoms with Gasteiger partial charge in [-0.1, -0.05) is 17.7 Å². The highest BCUT2D eigenvalue weighted by molar-refractivity contribution is 7.92. The molecule has 0 atom stereocenters. The molecule has 0 spiro atoms. The Morgan fingerprint density at radius 3 is 2.75 bits per heavy atom. The number of sulfonamides is 1. The summed E-state index contributed by atoms with van der Waals surface area (Å²) in [7, 11) is -3.83. The molecular formula is C12H15ClN4O2S. The molecule has 0 saturated carbocycles. The molecule has 0 bridgehead atoms. The number of nitrogens with one attached hydrogen (secondary N) is 2. The zero-order valence-electron chi connectivity index (χ0n) is 11.1. The van der Waals surface area contributed by atoms with E-state index in [0.29, 0.717) is 22.0 Å². The summed E-state index contributed by atoms with van der Waals surface area (Å²) < 4.78 is 27.1. The molecule has 4 N–H and O–H groups in total. The summed E-state index contributed by atoms with van der Waals surface area (Å²) in [5.41, 5.74) is 7.86. The Hall–Kier alpha value is -1.57. The molecule has 8 heteroatoms. The van der Waals surface area contributed by atoms with E-state index < -0.39 is 10.0 Å². The monoisotopic (exact) mass is 314 g/mol. The Morgan fingerprint density at radius 1 is 1.40 bits per heavy atom. The van der Waals surface area contributed by atoms with Crippen LogP contribution >= 0.6 is 11.6 Å². The van der Waals surface area contributed by atoms with Gasteiger partial charge >= 0.3 is 0 Å². The van der Waals surface area contributed by atoms with Crippen LogP contribution in [0.4, 0.5) is 5.69 Å². The predicted molar refractivity (Wildman–Crippen MR) is 78.2 cm³/mol. The first-order valence-corrected chi connectivity index (χ1v) is 7.74. The van der Waals surface area contributed by atoms with Crippen LogP contribution in [-0.2, 0) is 16.6 Å². The lowest BCUT2D eigenvalue weighted by Gasteiger charge is -2.09. The standard InChI is InChI=1S/C12H15ClN4O2S/c1-7-3-4-10(13)11(5-7)17-20(18,19)12-9(6-14)8(2)15-16-12/h3-5,17H,6,14H2,1-2H3,(H,15,16). The van der Waals surface area contributed by atoms with Gasteiger partial charge in [-0.05, 0) is 31.5 Å². The number of aromatic nitrogens is 2. The second-order valence-corrected chi connectivity index (χ2v) is 6.43. The van der Waals surface area contributed by atoms with E-state index in [4.69, 9.17) is 17.3 Å². The van der Waals surface area contributed by atoms with Crippen molar-refractivity contribution in [2.75, 3.05) is 4.72 Å². The Labute approximate surface area is 122 Å². The fourth-order valence-electron chi connectivity index (χ4n) is 1.80. The van der Waals surface area contributed by atoms with Crippen LogP contribution in [0.2, 0.25) is 5.02 Å². The molecule has 0 aliphatic heterocycles. The fourth-order valence-corrected chi connectivity index (χ4v) is 3.31. The van der Waals surface area contributed by atoms with Gasteiger partial charge in [0.2, 0.25) is 5.03 Å². The van der Waals surface area contributed by atoms with Gasteiger partial charge < -0.3 is 5.73 Å². The van der Waals surface area contributed by atoms with Crippen molar-refractivity contribution in [3.05, 3.63) is 40.0 Å². The molecule has 1 aromatic heterocycles. The molecule has 1 heterocycles. The number of hydrogen-bond donors (Lipinski definition) is 3. The largest absolute Gasteiger partial charge is 0.326 e. The molecule has 0 saturated heterocycles. The molecule has 6 nitrogen and oxygen atoms in total. The summed E-state index contributed by atoms with van der Waals surface area (Å²) in [5, 5.41) is 6.65. The Kier molecular flexibility index (Phi) is 4.03. The van der Waals surface area contributed by atoms with Crippen LogP contribution in [0.15, 0.2) is 23.2 Å². The summed E-state index contributed by atoms with van der Waals surface area (Å²) in [6, 6.07) is 5.08. The molecule has 0 aliphatic rings. The third kappa shape index (κ3) is 2.79. The number of halogens is 1. The third-order valence-corrected chi connectivity index (χ3v) is 4.53. The Bertz CT molecular complexity index is 740. The number of rotatable bonds is 4. The molecule has 20 heavy (non-hydrogen) atoms. The van der Waals surface area contributed by atoms with Crippen molar-refractivity contribution in [2.45, 2.75) is 25.4 Å². The van der Waals surface area contributed by atoms with E-state index in [2.05, 4.69) is 14.9 Å². The van der Waals surface area contributed by atoms with Crippen molar-refractivity contribution in [1.29, 1.82) is 0 Å². The number of benzene rings is 1. The smallest absolute Gasteiger partial charge is 0.281 e. The van der Waals surface area contributed by atoms with Crippen molar-refractivity contribution in [1.82, 2.24) is 10.2 Å². The second kappa shape index (κ2) is 5.43. The fraction of sp³-hybridized carbons (Fsp3) is 0.250. The van der Waals surface area contributed by atoms with Crippen LogP contribution in [-0.4, -0.2) is 18.6 Å². The van der Waals surface area contributed by atoms with Crippen molar-refractivity contribution in [3.8, 4) is 0 Å². The van der Waals surface area contributed by atoms with E-state index in [0.717, 1.165) is 5.56 Å². The maximum absolute atomic E-state index is 12.4. The zero-order chi connectivity index (χ0) is 14.9. The summed E-state index contributed by atoms with van der Waals surface area (Å²) >= 11 is 5.99. The second-order valence-electron chi connectivity index (χ2n) is 4.43. The maximum Gasteiger partial charge on any atom is 0.281 e. The van der Waals surface area contributed by atoms with Gasteiger partial charge in [0.05, 0.1) is 10.7 Å². The number of anilines is 1. The normalized spacial score (nSPS) is 11.6. The molecule has 2 aromatic rings. The highest BCUT2D eigenvalue weighted by Crippen LogP contribution is 2.26. The Morgan fingerprint density at radius 2 is 2.10 bits per heavy atom. The van der Waals surface area contributed by atoms with Crippen LogP contribution in [0.1, 0.15) is 16.8 Å². The van der Waals surface area contributed by atoms with Gasteiger partial charge in [0.25, 0.3) is 10.0 Å². The lowest BCUT2D eigenvalue weighted by atomic mass is 10.2. The van der Waals surface area contributed by atoms with Crippen LogP contribution in [0.3, 0.4) is 0 Å². The summed E-state index contributed by atoms with van der Waals surface area (Å²) in [5.74, 6) is 0. The van der Waals surface area contributed by atoms with Crippen LogP contribution < -0.4 is 10.5 Å². The number of aromatic amines is 1. The van der Waals surface area contributed by atoms with Gasteiger partial charge in [-0.15, -0.1) is 0 Å². The lowest BCUT2D eigenvalue weighted by molar-refractivity contribution is 0.596. The highest BCUT2D eigenvalue weighted by Gasteiger charge is 2.23. The molecular weight excluding hydrogens is 300 g/mol. The number of nitrogens with zero attached hydrogens (tertiary/aromatic N) is 1. The number of nitrogens with two attached hydrogens (primary N) is 1. The van der Waals surface area contributed by atoms with E-state index in [-0.39, 0.29) is 11.6 Å². The molecule has 0 aliphatic carbocycles.